The van der Waals surface area contributed by atoms with Crippen LogP contribution in [0.4, 0.5) is 18.3 Å². The van der Waals surface area contributed by atoms with Crippen LogP contribution in [0, 0.1) is 0 Å². The fourth-order valence-electron chi connectivity index (χ4n) is 2.05. The summed E-state index contributed by atoms with van der Waals surface area (Å²) in [6.07, 6.45) is -3.00. The minimum atomic E-state index is -4.52. The third kappa shape index (κ3) is 3.80. The molecule has 3 rings (SSSR count). The normalized spacial score (nSPS) is 11.8. The molecule has 1 aromatic heterocycles. The zero-order valence-corrected chi connectivity index (χ0v) is 13.1. The predicted octanol–water partition coefficient (Wildman–Crippen LogP) is 5.27. The number of alkyl halides is 3. The van der Waals surface area contributed by atoms with E-state index in [0.717, 1.165) is 16.9 Å². The third-order valence-corrected chi connectivity index (χ3v) is 4.11. The van der Waals surface area contributed by atoms with Crippen LogP contribution in [0.25, 0.3) is 10.4 Å². The molecular weight excluding hydrogens is 335 g/mol. The van der Waals surface area contributed by atoms with Gasteiger partial charge in [-0.2, -0.15) is 18.3 Å². The smallest absolute Gasteiger partial charge is 0.253 e. The number of hydrogen-bond donors (Lipinski definition) is 1. The van der Waals surface area contributed by atoms with Gasteiger partial charge in [0.05, 0.1) is 11.1 Å². The topological polar surface area (TPSA) is 37.3 Å². The SMILES string of the molecule is FC(F)(F)c1nc(NN=Cc2ccccc2)sc1-c1ccccc1. The van der Waals surface area contributed by atoms with Crippen LogP contribution >= 0.6 is 11.3 Å². The van der Waals surface area contributed by atoms with Crippen LogP contribution in [0.1, 0.15) is 11.3 Å². The minimum Gasteiger partial charge on any atom is -0.253 e. The van der Waals surface area contributed by atoms with Crippen molar-refractivity contribution in [3.05, 3.63) is 71.9 Å². The van der Waals surface area contributed by atoms with Crippen LogP contribution in [-0.4, -0.2) is 11.2 Å². The van der Waals surface area contributed by atoms with Gasteiger partial charge in [-0.3, -0.25) is 5.43 Å². The molecule has 0 bridgehead atoms. The molecule has 0 spiro atoms. The van der Waals surface area contributed by atoms with Crippen LogP contribution in [0.5, 0.6) is 0 Å². The summed E-state index contributed by atoms with van der Waals surface area (Å²) in [7, 11) is 0. The zero-order chi connectivity index (χ0) is 17.0. The van der Waals surface area contributed by atoms with Gasteiger partial charge in [0.2, 0.25) is 5.13 Å². The van der Waals surface area contributed by atoms with E-state index in [1.54, 1.807) is 30.3 Å². The Bertz CT molecular complexity index is 827. The van der Waals surface area contributed by atoms with Crippen molar-refractivity contribution < 1.29 is 13.2 Å². The van der Waals surface area contributed by atoms with Crippen LogP contribution in [0.15, 0.2) is 65.8 Å². The third-order valence-electron chi connectivity index (χ3n) is 3.11. The van der Waals surface area contributed by atoms with Gasteiger partial charge in [-0.05, 0) is 11.1 Å². The number of benzene rings is 2. The van der Waals surface area contributed by atoms with Gasteiger partial charge in [0.1, 0.15) is 0 Å². The van der Waals surface area contributed by atoms with Gasteiger partial charge >= 0.3 is 6.18 Å². The number of halogens is 3. The average Bonchev–Trinajstić information content (AvgIpc) is 3.01. The Kier molecular flexibility index (Phi) is 4.61. The summed E-state index contributed by atoms with van der Waals surface area (Å²) in [6, 6.07) is 17.6. The Hall–Kier alpha value is -2.67. The second-order valence-corrected chi connectivity index (χ2v) is 5.84. The highest BCUT2D eigenvalue weighted by molar-refractivity contribution is 7.19. The Morgan fingerprint density at radius 3 is 2.21 bits per heavy atom. The molecule has 0 unspecified atom stereocenters. The molecule has 3 aromatic rings. The van der Waals surface area contributed by atoms with Gasteiger partial charge in [-0.25, -0.2) is 4.98 Å². The van der Waals surface area contributed by atoms with Crippen molar-refractivity contribution in [2.45, 2.75) is 6.18 Å². The molecule has 24 heavy (non-hydrogen) atoms. The van der Waals surface area contributed by atoms with Crippen molar-refractivity contribution in [1.82, 2.24) is 4.98 Å². The van der Waals surface area contributed by atoms with Crippen molar-refractivity contribution in [1.29, 1.82) is 0 Å². The Balaban J connectivity index is 1.87. The molecule has 0 aliphatic carbocycles. The van der Waals surface area contributed by atoms with E-state index < -0.39 is 11.9 Å². The van der Waals surface area contributed by atoms with E-state index in [1.165, 1.54) is 6.21 Å². The maximum Gasteiger partial charge on any atom is 0.434 e. The molecule has 0 aliphatic heterocycles. The molecule has 0 atom stereocenters. The summed E-state index contributed by atoms with van der Waals surface area (Å²) < 4.78 is 39.6. The van der Waals surface area contributed by atoms with E-state index in [1.807, 2.05) is 30.3 Å². The monoisotopic (exact) mass is 347 g/mol. The molecule has 0 amide bonds. The number of aromatic nitrogens is 1. The average molecular weight is 347 g/mol. The number of hydrazone groups is 1. The fourth-order valence-corrected chi connectivity index (χ4v) is 2.99. The number of nitrogens with one attached hydrogen (secondary N) is 1. The van der Waals surface area contributed by atoms with E-state index in [4.69, 9.17) is 0 Å². The molecular formula is C17H12F3N3S. The quantitative estimate of drug-likeness (QED) is 0.515. The fraction of sp³-hybridized carbons (Fsp3) is 0.0588. The summed E-state index contributed by atoms with van der Waals surface area (Å²) in [5, 5.41) is 4.04. The molecule has 2 aromatic carbocycles. The Morgan fingerprint density at radius 1 is 0.958 bits per heavy atom. The molecule has 1 heterocycles. The number of nitrogens with zero attached hydrogens (tertiary/aromatic N) is 2. The van der Waals surface area contributed by atoms with Gasteiger partial charge < -0.3 is 0 Å². The highest BCUT2D eigenvalue weighted by Crippen LogP contribution is 2.41. The molecule has 0 aliphatic rings. The summed E-state index contributed by atoms with van der Waals surface area (Å²) in [5.74, 6) is 0. The number of anilines is 1. The molecule has 7 heteroatoms. The van der Waals surface area contributed by atoms with Gasteiger partial charge in [-0.15, -0.1) is 0 Å². The maximum atomic E-state index is 13.2. The van der Waals surface area contributed by atoms with E-state index >= 15 is 0 Å². The van der Waals surface area contributed by atoms with E-state index in [0.29, 0.717) is 5.56 Å². The second kappa shape index (κ2) is 6.84. The second-order valence-electron chi connectivity index (χ2n) is 4.84. The molecule has 0 fully saturated rings. The summed E-state index contributed by atoms with van der Waals surface area (Å²) >= 11 is 0.919. The van der Waals surface area contributed by atoms with Crippen LogP contribution < -0.4 is 5.43 Å². The summed E-state index contributed by atoms with van der Waals surface area (Å²) in [4.78, 5) is 3.73. The number of rotatable bonds is 4. The summed E-state index contributed by atoms with van der Waals surface area (Å²) in [6.45, 7) is 0. The van der Waals surface area contributed by atoms with Gasteiger partial charge in [0.25, 0.3) is 0 Å². The standard InChI is InChI=1S/C17H12F3N3S/c18-17(19,20)15-14(13-9-5-2-6-10-13)24-16(22-15)23-21-11-12-7-3-1-4-8-12/h1-11H,(H,22,23). The van der Waals surface area contributed by atoms with E-state index in [2.05, 4.69) is 15.5 Å². The van der Waals surface area contributed by atoms with E-state index in [9.17, 15) is 13.2 Å². The predicted molar refractivity (Wildman–Crippen MR) is 90.2 cm³/mol. The highest BCUT2D eigenvalue weighted by Gasteiger charge is 2.37. The lowest BCUT2D eigenvalue weighted by molar-refractivity contribution is -0.140. The maximum absolute atomic E-state index is 13.2. The Morgan fingerprint density at radius 2 is 1.58 bits per heavy atom. The van der Waals surface area contributed by atoms with Crippen molar-refractivity contribution in [2.75, 3.05) is 5.43 Å². The zero-order valence-electron chi connectivity index (χ0n) is 12.3. The highest BCUT2D eigenvalue weighted by atomic mass is 32.1. The lowest BCUT2D eigenvalue weighted by Crippen LogP contribution is -2.07. The largest absolute Gasteiger partial charge is 0.434 e. The van der Waals surface area contributed by atoms with Crippen molar-refractivity contribution in [3.63, 3.8) is 0 Å². The summed E-state index contributed by atoms with van der Waals surface area (Å²) in [5.41, 5.74) is 2.97. The molecule has 0 saturated carbocycles. The molecule has 0 saturated heterocycles. The minimum absolute atomic E-state index is 0.0699. The van der Waals surface area contributed by atoms with Gasteiger partial charge in [0, 0.05) is 0 Å². The first-order valence-corrected chi connectivity index (χ1v) is 7.83. The first-order valence-electron chi connectivity index (χ1n) is 7.01. The first-order chi connectivity index (χ1) is 11.5. The van der Waals surface area contributed by atoms with Crippen molar-refractivity contribution in [2.24, 2.45) is 5.10 Å². The van der Waals surface area contributed by atoms with E-state index in [-0.39, 0.29) is 10.0 Å². The number of thiazole rings is 1. The van der Waals surface area contributed by atoms with Crippen LogP contribution in [0.2, 0.25) is 0 Å². The van der Waals surface area contributed by atoms with Gasteiger partial charge in [-0.1, -0.05) is 72.0 Å². The first kappa shape index (κ1) is 16.2. The van der Waals surface area contributed by atoms with Crippen molar-refractivity contribution in [3.8, 4) is 10.4 Å². The Labute approximate surface area is 140 Å². The molecule has 122 valence electrons. The number of hydrogen-bond acceptors (Lipinski definition) is 4. The van der Waals surface area contributed by atoms with Gasteiger partial charge in [0.15, 0.2) is 5.69 Å². The molecule has 3 nitrogen and oxygen atoms in total. The lowest BCUT2D eigenvalue weighted by Gasteiger charge is -2.05. The molecule has 1 N–H and O–H groups in total. The van der Waals surface area contributed by atoms with Crippen LogP contribution in [-0.2, 0) is 6.18 Å². The lowest BCUT2D eigenvalue weighted by atomic mass is 10.1. The van der Waals surface area contributed by atoms with Crippen molar-refractivity contribution >= 4 is 22.7 Å². The molecule has 0 radical (unpaired) electrons. The van der Waals surface area contributed by atoms with Crippen LogP contribution in [0.3, 0.4) is 0 Å².